The maximum Gasteiger partial charge on any atom is 0.317 e. The Morgan fingerprint density at radius 3 is 3.09 bits per heavy atom. The molecule has 0 fully saturated rings. The predicted octanol–water partition coefficient (Wildman–Crippen LogP) is 3.42. The number of halogens is 1. The molecule has 1 aromatic carbocycles. The van der Waals surface area contributed by atoms with Crippen LogP contribution in [0.1, 0.15) is 34.3 Å². The molecule has 0 aliphatic heterocycles. The van der Waals surface area contributed by atoms with Crippen molar-refractivity contribution in [3.05, 3.63) is 51.2 Å². The third kappa shape index (κ3) is 2.97. The van der Waals surface area contributed by atoms with E-state index in [-0.39, 0.29) is 17.9 Å². The third-order valence-corrected chi connectivity index (χ3v) is 4.75. The molecule has 1 aliphatic rings. The second-order valence-corrected chi connectivity index (χ2v) is 6.62. The van der Waals surface area contributed by atoms with E-state index in [9.17, 15) is 9.18 Å². The number of carbonyl (C=O) groups excluding carboxylic acids is 1. The van der Waals surface area contributed by atoms with Crippen LogP contribution in [0.3, 0.4) is 0 Å². The molecule has 6 heteroatoms. The molecule has 1 heterocycles. The van der Waals surface area contributed by atoms with Gasteiger partial charge in [-0.2, -0.15) is 0 Å². The van der Waals surface area contributed by atoms with Crippen molar-refractivity contribution in [2.45, 2.75) is 32.4 Å². The number of nitrogens with one attached hydrogen (secondary N) is 1. The lowest BCUT2D eigenvalue weighted by atomic mass is 10.1. The van der Waals surface area contributed by atoms with E-state index in [0.29, 0.717) is 13.0 Å². The molecule has 0 bridgehead atoms. The van der Waals surface area contributed by atoms with E-state index in [1.165, 1.54) is 6.07 Å². The molecule has 22 heavy (non-hydrogen) atoms. The van der Waals surface area contributed by atoms with Crippen LogP contribution in [0.15, 0.2) is 23.6 Å². The van der Waals surface area contributed by atoms with Gasteiger partial charge < -0.3 is 10.2 Å². The van der Waals surface area contributed by atoms with Gasteiger partial charge in [-0.1, -0.05) is 12.1 Å². The maximum atomic E-state index is 13.7. The van der Waals surface area contributed by atoms with Crippen LogP contribution in [0.2, 0.25) is 0 Å². The van der Waals surface area contributed by atoms with Crippen molar-refractivity contribution >= 4 is 17.4 Å². The zero-order valence-corrected chi connectivity index (χ0v) is 13.4. The molecule has 0 radical (unpaired) electrons. The molecule has 1 N–H and O–H groups in total. The molecule has 2 aromatic rings. The minimum Gasteiger partial charge on any atom is -0.331 e. The highest BCUT2D eigenvalue weighted by molar-refractivity contribution is 7.09. The number of urea groups is 1. The van der Waals surface area contributed by atoms with Crippen LogP contribution in [0.4, 0.5) is 9.18 Å². The van der Waals surface area contributed by atoms with Gasteiger partial charge in [0.15, 0.2) is 0 Å². The summed E-state index contributed by atoms with van der Waals surface area (Å²) < 4.78 is 13.7. The average molecular weight is 319 g/mol. The molecule has 1 atom stereocenters. The van der Waals surface area contributed by atoms with Crippen molar-refractivity contribution < 1.29 is 9.18 Å². The lowest BCUT2D eigenvalue weighted by Gasteiger charge is -2.21. The second-order valence-electron chi connectivity index (χ2n) is 5.56. The smallest absolute Gasteiger partial charge is 0.317 e. The van der Waals surface area contributed by atoms with Gasteiger partial charge in [-0.05, 0) is 37.0 Å². The number of nitrogens with zero attached hydrogens (tertiary/aromatic N) is 2. The summed E-state index contributed by atoms with van der Waals surface area (Å²) in [5.41, 5.74) is 2.51. The molecule has 1 aromatic heterocycles. The SMILES string of the molecule is Cc1nc(CN(C)C(=O)N[C@@H]2CCc3c(F)cccc32)cs1. The highest BCUT2D eigenvalue weighted by Crippen LogP contribution is 2.32. The summed E-state index contributed by atoms with van der Waals surface area (Å²) in [6.07, 6.45) is 1.41. The minimum atomic E-state index is -0.180. The van der Waals surface area contributed by atoms with Gasteiger partial charge in [0.2, 0.25) is 0 Å². The first-order valence-electron chi connectivity index (χ1n) is 7.24. The first kappa shape index (κ1) is 15.0. The van der Waals surface area contributed by atoms with Gasteiger partial charge in [0, 0.05) is 12.4 Å². The number of carbonyl (C=O) groups is 1. The molecular weight excluding hydrogens is 301 g/mol. The maximum absolute atomic E-state index is 13.7. The lowest BCUT2D eigenvalue weighted by molar-refractivity contribution is 0.202. The fraction of sp³-hybridized carbons (Fsp3) is 0.375. The van der Waals surface area contributed by atoms with Crippen molar-refractivity contribution in [1.82, 2.24) is 15.2 Å². The number of aromatic nitrogens is 1. The Kier molecular flexibility index (Phi) is 4.11. The summed E-state index contributed by atoms with van der Waals surface area (Å²) in [4.78, 5) is 18.3. The Morgan fingerprint density at radius 2 is 2.36 bits per heavy atom. The highest BCUT2D eigenvalue weighted by Gasteiger charge is 2.27. The predicted molar refractivity (Wildman–Crippen MR) is 84.3 cm³/mol. The summed E-state index contributed by atoms with van der Waals surface area (Å²) in [6.45, 7) is 2.41. The highest BCUT2D eigenvalue weighted by atomic mass is 32.1. The van der Waals surface area contributed by atoms with Crippen molar-refractivity contribution in [2.24, 2.45) is 0 Å². The lowest BCUT2D eigenvalue weighted by Crippen LogP contribution is -2.38. The number of aryl methyl sites for hydroxylation is 1. The van der Waals surface area contributed by atoms with Gasteiger partial charge in [0.25, 0.3) is 0 Å². The van der Waals surface area contributed by atoms with Crippen LogP contribution in [0.5, 0.6) is 0 Å². The first-order chi connectivity index (χ1) is 10.5. The number of benzene rings is 1. The van der Waals surface area contributed by atoms with E-state index in [1.54, 1.807) is 29.4 Å². The number of hydrogen-bond donors (Lipinski definition) is 1. The van der Waals surface area contributed by atoms with E-state index >= 15 is 0 Å². The van der Waals surface area contributed by atoms with Gasteiger partial charge in [-0.15, -0.1) is 11.3 Å². The Morgan fingerprint density at radius 1 is 1.55 bits per heavy atom. The Labute approximate surface area is 133 Å². The minimum absolute atomic E-state index is 0.113. The zero-order chi connectivity index (χ0) is 15.7. The van der Waals surface area contributed by atoms with Gasteiger partial charge >= 0.3 is 6.03 Å². The second kappa shape index (κ2) is 6.04. The molecular formula is C16H18FN3OS. The van der Waals surface area contributed by atoms with E-state index < -0.39 is 0 Å². The monoisotopic (exact) mass is 319 g/mol. The molecule has 3 rings (SSSR count). The van der Waals surface area contributed by atoms with Crippen LogP contribution in [-0.2, 0) is 13.0 Å². The molecule has 1 aliphatic carbocycles. The van der Waals surface area contributed by atoms with Crippen LogP contribution in [0, 0.1) is 12.7 Å². The van der Waals surface area contributed by atoms with Crippen LogP contribution >= 0.6 is 11.3 Å². The zero-order valence-electron chi connectivity index (χ0n) is 12.6. The number of amides is 2. The third-order valence-electron chi connectivity index (χ3n) is 3.92. The van der Waals surface area contributed by atoms with Crippen molar-refractivity contribution in [3.8, 4) is 0 Å². The van der Waals surface area contributed by atoms with Crippen molar-refractivity contribution in [2.75, 3.05) is 7.05 Å². The molecule has 0 saturated heterocycles. The number of rotatable bonds is 3. The molecule has 0 spiro atoms. The normalized spacial score (nSPS) is 16.4. The largest absolute Gasteiger partial charge is 0.331 e. The number of fused-ring (bicyclic) bond motifs is 1. The molecule has 2 amide bonds. The standard InChI is InChI=1S/C16H18FN3OS/c1-10-18-11(9-22-10)8-20(2)16(21)19-15-7-6-12-13(15)4-3-5-14(12)17/h3-5,9,15H,6-8H2,1-2H3,(H,19,21)/t15-/m1/s1. The molecule has 0 saturated carbocycles. The van der Waals surface area contributed by atoms with Crippen LogP contribution in [-0.4, -0.2) is 23.0 Å². The summed E-state index contributed by atoms with van der Waals surface area (Å²) >= 11 is 1.57. The van der Waals surface area contributed by atoms with Crippen LogP contribution in [0.25, 0.3) is 0 Å². The number of hydrogen-bond acceptors (Lipinski definition) is 3. The molecule has 0 unspecified atom stereocenters. The molecule has 4 nitrogen and oxygen atoms in total. The van der Waals surface area contributed by atoms with Gasteiger partial charge in [0.05, 0.1) is 23.3 Å². The van der Waals surface area contributed by atoms with Gasteiger partial charge in [-0.25, -0.2) is 14.2 Å². The van der Waals surface area contributed by atoms with Crippen molar-refractivity contribution in [3.63, 3.8) is 0 Å². The van der Waals surface area contributed by atoms with Gasteiger partial charge in [-0.3, -0.25) is 0 Å². The summed E-state index contributed by atoms with van der Waals surface area (Å²) in [6, 6.07) is 4.78. The summed E-state index contributed by atoms with van der Waals surface area (Å²) in [5, 5.41) is 5.93. The van der Waals surface area contributed by atoms with E-state index in [1.807, 2.05) is 18.4 Å². The van der Waals surface area contributed by atoms with E-state index in [0.717, 1.165) is 28.2 Å². The average Bonchev–Trinajstić information content (AvgIpc) is 3.07. The Balaban J connectivity index is 1.64. The first-order valence-corrected chi connectivity index (χ1v) is 8.12. The number of thiazole rings is 1. The summed E-state index contributed by atoms with van der Waals surface area (Å²) in [7, 11) is 1.74. The molecule has 116 valence electrons. The Hall–Kier alpha value is -1.95. The van der Waals surface area contributed by atoms with Crippen molar-refractivity contribution in [1.29, 1.82) is 0 Å². The van der Waals surface area contributed by atoms with Gasteiger partial charge in [0.1, 0.15) is 5.82 Å². The van der Waals surface area contributed by atoms with E-state index in [2.05, 4.69) is 10.3 Å². The Bertz CT molecular complexity index is 700. The topological polar surface area (TPSA) is 45.2 Å². The fourth-order valence-corrected chi connectivity index (χ4v) is 3.42. The summed E-state index contributed by atoms with van der Waals surface area (Å²) in [5.74, 6) is -0.180. The van der Waals surface area contributed by atoms with Crippen LogP contribution < -0.4 is 5.32 Å². The quantitative estimate of drug-likeness (QED) is 0.942. The fourth-order valence-electron chi connectivity index (χ4n) is 2.81. The van der Waals surface area contributed by atoms with E-state index in [4.69, 9.17) is 0 Å².